The molecule has 0 spiro atoms. The standard InChI is InChI=1S/C12H19NS/c1-5-9(3)12(13-4)14-11(6-2)10-7-8-10/h5-6,10H,7-8H2,1-4H3/b9-5+,11-6-,13-12?. The third kappa shape index (κ3) is 3.02. The summed E-state index contributed by atoms with van der Waals surface area (Å²) in [4.78, 5) is 5.82. The summed E-state index contributed by atoms with van der Waals surface area (Å²) in [6, 6.07) is 0. The molecule has 0 aromatic rings. The Morgan fingerprint density at radius 2 is 1.93 bits per heavy atom. The van der Waals surface area contributed by atoms with Crippen LogP contribution in [0.4, 0.5) is 0 Å². The van der Waals surface area contributed by atoms with Crippen molar-refractivity contribution in [1.82, 2.24) is 0 Å². The number of rotatable bonds is 3. The number of thioether (sulfide) groups is 1. The topological polar surface area (TPSA) is 12.4 Å². The number of hydrogen-bond acceptors (Lipinski definition) is 2. The van der Waals surface area contributed by atoms with Gasteiger partial charge in [0, 0.05) is 7.05 Å². The van der Waals surface area contributed by atoms with Gasteiger partial charge in [-0.25, -0.2) is 0 Å². The molecule has 1 rings (SSSR count). The van der Waals surface area contributed by atoms with Crippen LogP contribution in [0.1, 0.15) is 33.6 Å². The molecule has 0 heterocycles. The van der Waals surface area contributed by atoms with Crippen LogP contribution < -0.4 is 0 Å². The average molecular weight is 209 g/mol. The average Bonchev–Trinajstić information content (AvgIpc) is 3.02. The smallest absolute Gasteiger partial charge is 0.0971 e. The van der Waals surface area contributed by atoms with E-state index in [1.165, 1.54) is 23.3 Å². The van der Waals surface area contributed by atoms with Crippen molar-refractivity contribution in [1.29, 1.82) is 0 Å². The van der Waals surface area contributed by atoms with Crippen LogP contribution >= 0.6 is 11.8 Å². The Morgan fingerprint density at radius 3 is 2.29 bits per heavy atom. The number of allylic oxidation sites excluding steroid dienone is 3. The summed E-state index contributed by atoms with van der Waals surface area (Å²) in [5.41, 5.74) is 1.28. The summed E-state index contributed by atoms with van der Waals surface area (Å²) >= 11 is 1.84. The molecular formula is C12H19NS. The van der Waals surface area contributed by atoms with Crippen molar-refractivity contribution < 1.29 is 0 Å². The van der Waals surface area contributed by atoms with Gasteiger partial charge < -0.3 is 0 Å². The number of hydrogen-bond donors (Lipinski definition) is 0. The fraction of sp³-hybridized carbons (Fsp3) is 0.583. The normalized spacial score (nSPS) is 20.1. The van der Waals surface area contributed by atoms with Crippen LogP contribution in [0.3, 0.4) is 0 Å². The van der Waals surface area contributed by atoms with Gasteiger partial charge in [0.1, 0.15) is 0 Å². The Bertz CT molecular complexity index is 283. The fourth-order valence-corrected chi connectivity index (χ4v) is 2.40. The first-order valence-corrected chi connectivity index (χ1v) is 5.98. The van der Waals surface area contributed by atoms with Gasteiger partial charge in [-0.2, -0.15) is 0 Å². The Labute approximate surface area is 91.4 Å². The molecule has 0 radical (unpaired) electrons. The summed E-state index contributed by atoms with van der Waals surface area (Å²) in [7, 11) is 1.87. The van der Waals surface area contributed by atoms with E-state index in [-0.39, 0.29) is 0 Å². The molecule has 0 unspecified atom stereocenters. The third-order valence-corrected chi connectivity index (χ3v) is 3.95. The van der Waals surface area contributed by atoms with Crippen LogP contribution in [-0.4, -0.2) is 12.1 Å². The zero-order valence-corrected chi connectivity index (χ0v) is 10.3. The molecule has 1 aliphatic rings. The van der Waals surface area contributed by atoms with Crippen LogP contribution in [0, 0.1) is 5.92 Å². The molecule has 0 N–H and O–H groups in total. The highest BCUT2D eigenvalue weighted by Gasteiger charge is 2.26. The molecule has 1 nitrogen and oxygen atoms in total. The van der Waals surface area contributed by atoms with E-state index >= 15 is 0 Å². The van der Waals surface area contributed by atoms with Gasteiger partial charge >= 0.3 is 0 Å². The van der Waals surface area contributed by atoms with Crippen LogP contribution in [0.15, 0.2) is 27.6 Å². The lowest BCUT2D eigenvalue weighted by Gasteiger charge is -2.07. The first-order chi connectivity index (χ1) is 6.72. The van der Waals surface area contributed by atoms with E-state index in [2.05, 4.69) is 37.9 Å². The van der Waals surface area contributed by atoms with Crippen molar-refractivity contribution in [2.45, 2.75) is 33.6 Å². The van der Waals surface area contributed by atoms with Gasteiger partial charge in [-0.3, -0.25) is 4.99 Å². The quantitative estimate of drug-likeness (QED) is 0.505. The first kappa shape index (κ1) is 11.6. The molecule has 0 bridgehead atoms. The summed E-state index contributed by atoms with van der Waals surface area (Å²) in [6.07, 6.45) is 7.07. The van der Waals surface area contributed by atoms with Crippen molar-refractivity contribution in [3.05, 3.63) is 22.6 Å². The van der Waals surface area contributed by atoms with E-state index in [4.69, 9.17) is 0 Å². The summed E-state index contributed by atoms with van der Waals surface area (Å²) in [6.45, 7) is 6.31. The zero-order valence-electron chi connectivity index (χ0n) is 9.50. The van der Waals surface area contributed by atoms with E-state index in [0.717, 1.165) is 11.0 Å². The Morgan fingerprint density at radius 1 is 1.29 bits per heavy atom. The van der Waals surface area contributed by atoms with E-state index in [9.17, 15) is 0 Å². The molecule has 1 aliphatic carbocycles. The maximum absolute atomic E-state index is 4.33. The van der Waals surface area contributed by atoms with Crippen LogP contribution in [0.5, 0.6) is 0 Å². The van der Waals surface area contributed by atoms with Gasteiger partial charge in [-0.05, 0) is 50.0 Å². The minimum absolute atomic E-state index is 0.825. The highest BCUT2D eigenvalue weighted by Crippen LogP contribution is 2.43. The van der Waals surface area contributed by atoms with Crippen molar-refractivity contribution in [3.8, 4) is 0 Å². The van der Waals surface area contributed by atoms with E-state index in [1.807, 2.05) is 18.8 Å². The zero-order chi connectivity index (χ0) is 10.6. The minimum atomic E-state index is 0.825. The molecule has 0 aromatic heterocycles. The molecule has 14 heavy (non-hydrogen) atoms. The first-order valence-electron chi connectivity index (χ1n) is 5.17. The Kier molecular flexibility index (Phi) is 4.46. The molecule has 0 amide bonds. The van der Waals surface area contributed by atoms with Crippen LogP contribution in [-0.2, 0) is 0 Å². The predicted molar refractivity (Wildman–Crippen MR) is 66.9 cm³/mol. The Balaban J connectivity index is 2.64. The minimum Gasteiger partial charge on any atom is -0.281 e. The lowest BCUT2D eigenvalue weighted by molar-refractivity contribution is 1.09. The Hall–Kier alpha value is -0.500. The maximum atomic E-state index is 4.33. The van der Waals surface area contributed by atoms with Gasteiger partial charge in [0.05, 0.1) is 5.04 Å². The molecule has 1 saturated carbocycles. The maximum Gasteiger partial charge on any atom is 0.0971 e. The second-order valence-corrected chi connectivity index (χ2v) is 4.63. The summed E-state index contributed by atoms with van der Waals surface area (Å²) < 4.78 is 0. The van der Waals surface area contributed by atoms with Crippen molar-refractivity contribution >= 4 is 16.8 Å². The molecule has 0 aliphatic heterocycles. The monoisotopic (exact) mass is 209 g/mol. The van der Waals surface area contributed by atoms with Crippen LogP contribution in [0.2, 0.25) is 0 Å². The highest BCUT2D eigenvalue weighted by molar-refractivity contribution is 8.17. The van der Waals surface area contributed by atoms with Gasteiger partial charge in [0.25, 0.3) is 0 Å². The third-order valence-electron chi connectivity index (χ3n) is 2.45. The van der Waals surface area contributed by atoms with E-state index in [0.29, 0.717) is 0 Å². The number of nitrogens with zero attached hydrogens (tertiary/aromatic N) is 1. The number of aliphatic imine (C=N–C) groups is 1. The van der Waals surface area contributed by atoms with Gasteiger partial charge in [-0.15, -0.1) is 0 Å². The van der Waals surface area contributed by atoms with Gasteiger partial charge in [-0.1, -0.05) is 23.9 Å². The van der Waals surface area contributed by atoms with Crippen LogP contribution in [0.25, 0.3) is 0 Å². The lowest BCUT2D eigenvalue weighted by Crippen LogP contribution is -1.96. The van der Waals surface area contributed by atoms with Gasteiger partial charge in [0.2, 0.25) is 0 Å². The summed E-state index contributed by atoms with van der Waals surface area (Å²) in [5.74, 6) is 0.825. The molecule has 2 heteroatoms. The van der Waals surface area contributed by atoms with Crippen molar-refractivity contribution in [3.63, 3.8) is 0 Å². The predicted octanol–water partition coefficient (Wildman–Crippen LogP) is 4.03. The molecule has 0 saturated heterocycles. The van der Waals surface area contributed by atoms with E-state index < -0.39 is 0 Å². The fourth-order valence-electron chi connectivity index (χ4n) is 1.28. The van der Waals surface area contributed by atoms with Crippen molar-refractivity contribution in [2.75, 3.05) is 7.05 Å². The summed E-state index contributed by atoms with van der Waals surface area (Å²) in [5, 5.41) is 1.16. The SMILES string of the molecule is C/C=C(\SC(=NC)/C(C)=C/C)C1CC1. The second-order valence-electron chi connectivity index (χ2n) is 3.57. The molecule has 1 fully saturated rings. The highest BCUT2D eigenvalue weighted by atomic mass is 32.2. The molecule has 78 valence electrons. The largest absolute Gasteiger partial charge is 0.281 e. The molecule has 0 atom stereocenters. The lowest BCUT2D eigenvalue weighted by atomic mass is 10.3. The van der Waals surface area contributed by atoms with E-state index in [1.54, 1.807) is 0 Å². The van der Waals surface area contributed by atoms with Crippen molar-refractivity contribution in [2.24, 2.45) is 10.9 Å². The molecular weight excluding hydrogens is 190 g/mol. The second kappa shape index (κ2) is 5.40. The van der Waals surface area contributed by atoms with Gasteiger partial charge in [0.15, 0.2) is 0 Å². The molecule has 0 aromatic carbocycles.